The fourth-order valence-electron chi connectivity index (χ4n) is 0.912. The third-order valence-electron chi connectivity index (χ3n) is 1.55. The van der Waals surface area contributed by atoms with Gasteiger partial charge >= 0.3 is 0 Å². The predicted molar refractivity (Wildman–Crippen MR) is 42.9 cm³/mol. The van der Waals surface area contributed by atoms with Crippen LogP contribution in [0.25, 0.3) is 0 Å². The van der Waals surface area contributed by atoms with Crippen molar-refractivity contribution < 1.29 is 5.11 Å². The smallest absolute Gasteiger partial charge is 0.118 e. The molecule has 0 amide bonds. The van der Waals surface area contributed by atoms with Gasteiger partial charge in [0.15, 0.2) is 0 Å². The van der Waals surface area contributed by atoms with Crippen LogP contribution in [0.15, 0.2) is 23.4 Å². The van der Waals surface area contributed by atoms with E-state index in [1.807, 2.05) is 6.92 Å². The maximum absolute atomic E-state index is 10.1. The van der Waals surface area contributed by atoms with Crippen molar-refractivity contribution in [3.63, 3.8) is 0 Å². The number of phenolic OH excluding ortho intramolecular Hbond substituents is 1. The van der Waals surface area contributed by atoms with Crippen LogP contribution in [0.2, 0.25) is 0 Å². The van der Waals surface area contributed by atoms with Crippen molar-refractivity contribution in [2.75, 3.05) is 0 Å². The first kappa shape index (κ1) is 7.72. The predicted octanol–water partition coefficient (Wildman–Crippen LogP) is 2.35. The molecule has 0 aliphatic carbocycles. The molecule has 0 aromatic heterocycles. The minimum atomic E-state index is 0.222. The molecule has 0 heterocycles. The fourth-order valence-corrected chi connectivity index (χ4v) is 0.912. The van der Waals surface area contributed by atoms with Crippen molar-refractivity contribution in [3.05, 3.63) is 28.7 Å². The molecule has 0 spiro atoms. The number of aryl methyl sites for hydroxylation is 1. The first-order chi connectivity index (χ1) is 5.27. The Hall–Kier alpha value is -1.38. The average Bonchev–Trinajstić information content (AvgIpc) is 2.05. The van der Waals surface area contributed by atoms with Crippen molar-refractivity contribution >= 4 is 5.69 Å². The lowest BCUT2D eigenvalue weighted by atomic mass is 10.1. The highest BCUT2D eigenvalue weighted by Gasteiger charge is 1.99. The second-order valence-electron chi connectivity index (χ2n) is 2.26. The molecule has 3 heteroatoms. The molecule has 0 atom stereocenters. The summed E-state index contributed by atoms with van der Waals surface area (Å²) in [5, 5.41) is 11.9. The minimum Gasteiger partial charge on any atom is -0.508 e. The van der Waals surface area contributed by atoms with Gasteiger partial charge in [0.05, 0.1) is 0 Å². The van der Waals surface area contributed by atoms with Crippen molar-refractivity contribution in [2.45, 2.75) is 13.3 Å². The number of nitroso groups, excluding NO2 is 1. The van der Waals surface area contributed by atoms with E-state index in [2.05, 4.69) is 5.18 Å². The lowest BCUT2D eigenvalue weighted by Crippen LogP contribution is -1.79. The molecule has 1 aromatic carbocycles. The van der Waals surface area contributed by atoms with E-state index in [1.165, 1.54) is 12.1 Å². The summed E-state index contributed by atoms with van der Waals surface area (Å²) in [4.78, 5) is 10.1. The normalized spacial score (nSPS) is 9.55. The summed E-state index contributed by atoms with van der Waals surface area (Å²) in [5.74, 6) is 0.222. The zero-order valence-electron chi connectivity index (χ0n) is 6.24. The van der Waals surface area contributed by atoms with E-state index in [-0.39, 0.29) is 5.75 Å². The van der Waals surface area contributed by atoms with Gasteiger partial charge in [-0.05, 0) is 35.4 Å². The second-order valence-corrected chi connectivity index (χ2v) is 2.26. The number of rotatable bonds is 2. The van der Waals surface area contributed by atoms with Crippen LogP contribution in [0.5, 0.6) is 5.75 Å². The van der Waals surface area contributed by atoms with Gasteiger partial charge in [-0.2, -0.15) is 0 Å². The maximum Gasteiger partial charge on any atom is 0.118 e. The Labute approximate surface area is 64.7 Å². The summed E-state index contributed by atoms with van der Waals surface area (Å²) in [5.41, 5.74) is 1.11. The Morgan fingerprint density at radius 3 is 2.82 bits per heavy atom. The Bertz CT molecular complexity index is 271. The van der Waals surface area contributed by atoms with E-state index in [9.17, 15) is 10.0 Å². The van der Waals surface area contributed by atoms with Crippen LogP contribution in [0.4, 0.5) is 5.69 Å². The summed E-state index contributed by atoms with van der Waals surface area (Å²) in [7, 11) is 0. The first-order valence-corrected chi connectivity index (χ1v) is 3.43. The van der Waals surface area contributed by atoms with Gasteiger partial charge in [0.25, 0.3) is 0 Å². The highest BCUT2D eigenvalue weighted by molar-refractivity contribution is 5.46. The molecule has 0 aliphatic heterocycles. The standard InChI is InChI=1S/C8H9NO2/c1-2-6-5-7(9-11)3-4-8(6)10/h3-5,10H,2H2,1H3. The van der Waals surface area contributed by atoms with Gasteiger partial charge in [0.1, 0.15) is 11.4 Å². The molecular weight excluding hydrogens is 142 g/mol. The van der Waals surface area contributed by atoms with Crippen LogP contribution in [-0.4, -0.2) is 5.11 Å². The van der Waals surface area contributed by atoms with Gasteiger partial charge in [0.2, 0.25) is 0 Å². The van der Waals surface area contributed by atoms with Gasteiger partial charge in [-0.25, -0.2) is 0 Å². The zero-order chi connectivity index (χ0) is 8.27. The van der Waals surface area contributed by atoms with Crippen LogP contribution < -0.4 is 0 Å². The highest BCUT2D eigenvalue weighted by Crippen LogP contribution is 2.23. The molecular formula is C8H9NO2. The molecule has 1 aromatic rings. The van der Waals surface area contributed by atoms with Crippen LogP contribution in [0.1, 0.15) is 12.5 Å². The number of nitrogens with zero attached hydrogens (tertiary/aromatic N) is 1. The van der Waals surface area contributed by atoms with Gasteiger partial charge in [-0.15, -0.1) is 4.91 Å². The van der Waals surface area contributed by atoms with E-state index in [0.29, 0.717) is 12.1 Å². The summed E-state index contributed by atoms with van der Waals surface area (Å²) in [6.07, 6.45) is 0.704. The van der Waals surface area contributed by atoms with Crippen LogP contribution in [0, 0.1) is 4.91 Å². The largest absolute Gasteiger partial charge is 0.508 e. The Balaban J connectivity index is 3.12. The van der Waals surface area contributed by atoms with E-state index >= 15 is 0 Å². The van der Waals surface area contributed by atoms with Gasteiger partial charge in [-0.3, -0.25) is 0 Å². The van der Waals surface area contributed by atoms with E-state index in [0.717, 1.165) is 5.56 Å². The molecule has 0 radical (unpaired) electrons. The number of aromatic hydroxyl groups is 1. The topological polar surface area (TPSA) is 49.7 Å². The van der Waals surface area contributed by atoms with Crippen LogP contribution in [0.3, 0.4) is 0 Å². The van der Waals surface area contributed by atoms with Gasteiger partial charge in [-0.1, -0.05) is 6.92 Å². The molecule has 1 rings (SSSR count). The SMILES string of the molecule is CCc1cc(N=O)ccc1O. The van der Waals surface area contributed by atoms with Crippen LogP contribution >= 0.6 is 0 Å². The summed E-state index contributed by atoms with van der Waals surface area (Å²) < 4.78 is 0. The van der Waals surface area contributed by atoms with Crippen molar-refractivity contribution in [2.24, 2.45) is 5.18 Å². The molecule has 0 unspecified atom stereocenters. The van der Waals surface area contributed by atoms with Crippen LogP contribution in [-0.2, 0) is 6.42 Å². The molecule has 3 nitrogen and oxygen atoms in total. The monoisotopic (exact) mass is 151 g/mol. The Kier molecular flexibility index (Phi) is 2.21. The Morgan fingerprint density at radius 1 is 1.55 bits per heavy atom. The van der Waals surface area contributed by atoms with Crippen molar-refractivity contribution in [1.82, 2.24) is 0 Å². The Morgan fingerprint density at radius 2 is 2.27 bits per heavy atom. The molecule has 0 saturated heterocycles. The second kappa shape index (κ2) is 3.14. The van der Waals surface area contributed by atoms with E-state index in [1.54, 1.807) is 6.07 Å². The summed E-state index contributed by atoms with van der Waals surface area (Å²) in [6.45, 7) is 1.91. The van der Waals surface area contributed by atoms with E-state index < -0.39 is 0 Å². The quantitative estimate of drug-likeness (QED) is 0.659. The lowest BCUT2D eigenvalue weighted by molar-refractivity contribution is 0.469. The van der Waals surface area contributed by atoms with Gasteiger partial charge in [0, 0.05) is 0 Å². The zero-order valence-corrected chi connectivity index (χ0v) is 6.24. The summed E-state index contributed by atoms with van der Waals surface area (Å²) >= 11 is 0. The molecule has 11 heavy (non-hydrogen) atoms. The molecule has 58 valence electrons. The third-order valence-corrected chi connectivity index (χ3v) is 1.55. The van der Waals surface area contributed by atoms with Crippen molar-refractivity contribution in [1.29, 1.82) is 0 Å². The lowest BCUT2D eigenvalue weighted by Gasteiger charge is -1.99. The highest BCUT2D eigenvalue weighted by atomic mass is 16.3. The number of benzene rings is 1. The molecule has 0 aliphatic rings. The molecule has 1 N–H and O–H groups in total. The fraction of sp³-hybridized carbons (Fsp3) is 0.250. The first-order valence-electron chi connectivity index (χ1n) is 3.43. The molecule has 0 fully saturated rings. The van der Waals surface area contributed by atoms with Gasteiger partial charge < -0.3 is 5.11 Å². The average molecular weight is 151 g/mol. The third kappa shape index (κ3) is 1.55. The maximum atomic E-state index is 10.1. The summed E-state index contributed by atoms with van der Waals surface area (Å²) in [6, 6.07) is 4.55. The van der Waals surface area contributed by atoms with E-state index in [4.69, 9.17) is 0 Å². The van der Waals surface area contributed by atoms with Crippen molar-refractivity contribution in [3.8, 4) is 5.75 Å². The molecule has 0 bridgehead atoms. The number of hydrogen-bond donors (Lipinski definition) is 1. The number of hydrogen-bond acceptors (Lipinski definition) is 3. The minimum absolute atomic E-state index is 0.222. The number of phenols is 1. The molecule has 0 saturated carbocycles.